The van der Waals surface area contributed by atoms with Crippen LogP contribution in [0.25, 0.3) is 5.76 Å². The van der Waals surface area contributed by atoms with Gasteiger partial charge in [-0.05, 0) is 24.6 Å². The molecule has 2 aromatic carbocycles. The van der Waals surface area contributed by atoms with Gasteiger partial charge in [-0.25, -0.2) is 9.37 Å². The van der Waals surface area contributed by atoms with Gasteiger partial charge in [0.2, 0.25) is 0 Å². The molecule has 2 N–H and O–H groups in total. The van der Waals surface area contributed by atoms with E-state index >= 15 is 0 Å². The molecule has 1 saturated heterocycles. The molecule has 1 unspecified atom stereocenters. The molecule has 1 aliphatic heterocycles. The summed E-state index contributed by atoms with van der Waals surface area (Å²) in [5.74, 6) is -2.27. The lowest BCUT2D eigenvalue weighted by Gasteiger charge is -2.25. The summed E-state index contributed by atoms with van der Waals surface area (Å²) >= 11 is 0. The van der Waals surface area contributed by atoms with Crippen molar-refractivity contribution in [3.8, 4) is 0 Å². The van der Waals surface area contributed by atoms with Gasteiger partial charge in [0.15, 0.2) is 0 Å². The van der Waals surface area contributed by atoms with E-state index in [1.807, 2.05) is 6.92 Å². The highest BCUT2D eigenvalue weighted by molar-refractivity contribution is 6.46. The average Bonchev–Trinajstić information content (AvgIpc) is 3.34. The molecule has 3 aromatic rings. The van der Waals surface area contributed by atoms with Gasteiger partial charge in [-0.1, -0.05) is 42.0 Å². The lowest BCUT2D eigenvalue weighted by atomic mass is 9.95. The molecule has 152 valence electrons. The number of rotatable bonds is 5. The summed E-state index contributed by atoms with van der Waals surface area (Å²) < 4.78 is 14.0. The molecule has 0 aliphatic carbocycles. The van der Waals surface area contributed by atoms with Crippen molar-refractivity contribution in [2.45, 2.75) is 19.4 Å². The zero-order chi connectivity index (χ0) is 21.3. The Morgan fingerprint density at radius 1 is 1.20 bits per heavy atom. The number of hydrogen-bond acceptors (Lipinski definition) is 4. The van der Waals surface area contributed by atoms with Crippen molar-refractivity contribution in [1.29, 1.82) is 0 Å². The van der Waals surface area contributed by atoms with Gasteiger partial charge < -0.3 is 15.0 Å². The fourth-order valence-electron chi connectivity index (χ4n) is 3.66. The Bertz CT molecular complexity index is 1120. The number of imidazole rings is 1. The summed E-state index contributed by atoms with van der Waals surface area (Å²) in [5, 5.41) is 10.9. The fraction of sp³-hybridized carbons (Fsp3) is 0.174. The van der Waals surface area contributed by atoms with Crippen LogP contribution in [-0.4, -0.2) is 38.2 Å². The molecule has 2 heterocycles. The Balaban J connectivity index is 1.80. The molecule has 6 nitrogen and oxygen atoms in total. The summed E-state index contributed by atoms with van der Waals surface area (Å²) in [6.07, 6.45) is 3.61. The van der Waals surface area contributed by atoms with Crippen molar-refractivity contribution in [3.05, 3.63) is 94.8 Å². The van der Waals surface area contributed by atoms with Crippen molar-refractivity contribution in [3.63, 3.8) is 0 Å². The van der Waals surface area contributed by atoms with Crippen LogP contribution < -0.4 is 0 Å². The van der Waals surface area contributed by atoms with Crippen LogP contribution in [-0.2, 0) is 16.0 Å². The first-order valence-electron chi connectivity index (χ1n) is 9.54. The third kappa shape index (κ3) is 3.61. The van der Waals surface area contributed by atoms with Crippen LogP contribution in [0.4, 0.5) is 4.39 Å². The van der Waals surface area contributed by atoms with Crippen LogP contribution in [0.2, 0.25) is 0 Å². The average molecular weight is 405 g/mol. The summed E-state index contributed by atoms with van der Waals surface area (Å²) in [5.41, 5.74) is 2.60. The molecule has 1 amide bonds. The molecule has 0 saturated carbocycles. The number of Topliss-reactive ketones (excluding diaryl/α,β-unsaturated/α-hetero) is 1. The number of benzene rings is 2. The second-order valence-corrected chi connectivity index (χ2v) is 7.24. The number of H-pyrrole nitrogens is 1. The molecule has 1 atom stereocenters. The molecule has 7 heteroatoms. The van der Waals surface area contributed by atoms with Crippen LogP contribution in [0, 0.1) is 12.7 Å². The highest BCUT2D eigenvalue weighted by Gasteiger charge is 2.45. The predicted octanol–water partition coefficient (Wildman–Crippen LogP) is 3.52. The lowest BCUT2D eigenvalue weighted by molar-refractivity contribution is -0.139. The summed E-state index contributed by atoms with van der Waals surface area (Å²) in [4.78, 5) is 34.0. The second kappa shape index (κ2) is 7.94. The number of ketones is 1. The first-order chi connectivity index (χ1) is 14.5. The normalized spacial score (nSPS) is 18.2. The third-order valence-corrected chi connectivity index (χ3v) is 5.21. The number of aliphatic hydroxyl groups excluding tert-OH is 1. The molecule has 30 heavy (non-hydrogen) atoms. The second-order valence-electron chi connectivity index (χ2n) is 7.24. The number of halogens is 1. The number of aromatic nitrogens is 2. The van der Waals surface area contributed by atoms with Gasteiger partial charge >= 0.3 is 0 Å². The van der Waals surface area contributed by atoms with Crippen molar-refractivity contribution < 1.29 is 19.1 Å². The minimum absolute atomic E-state index is 0.0425. The zero-order valence-corrected chi connectivity index (χ0v) is 16.3. The van der Waals surface area contributed by atoms with Crippen molar-refractivity contribution in [2.24, 2.45) is 0 Å². The molecule has 1 aromatic heterocycles. The monoisotopic (exact) mass is 405 g/mol. The first-order valence-corrected chi connectivity index (χ1v) is 9.54. The topological polar surface area (TPSA) is 86.3 Å². The quantitative estimate of drug-likeness (QED) is 0.386. The molecule has 0 spiro atoms. The van der Waals surface area contributed by atoms with E-state index in [0.717, 1.165) is 11.3 Å². The van der Waals surface area contributed by atoms with E-state index in [0.29, 0.717) is 17.5 Å². The molecular formula is C23H20FN3O3. The number of likely N-dealkylation sites (tertiary alicyclic amines) is 1. The summed E-state index contributed by atoms with van der Waals surface area (Å²) in [7, 11) is 0. The van der Waals surface area contributed by atoms with E-state index in [2.05, 4.69) is 9.97 Å². The van der Waals surface area contributed by atoms with Crippen LogP contribution >= 0.6 is 0 Å². The van der Waals surface area contributed by atoms with Crippen LogP contribution in [0.15, 0.2) is 66.6 Å². The summed E-state index contributed by atoms with van der Waals surface area (Å²) in [6, 6.07) is 11.8. The maximum absolute atomic E-state index is 14.0. The Morgan fingerprint density at radius 3 is 2.63 bits per heavy atom. The van der Waals surface area contributed by atoms with E-state index < -0.39 is 23.5 Å². The number of aromatic amines is 1. The van der Waals surface area contributed by atoms with E-state index in [4.69, 9.17) is 0 Å². The van der Waals surface area contributed by atoms with Crippen molar-refractivity contribution in [2.75, 3.05) is 6.54 Å². The van der Waals surface area contributed by atoms with Gasteiger partial charge in [-0.3, -0.25) is 9.59 Å². The first kappa shape index (κ1) is 19.6. The van der Waals surface area contributed by atoms with Gasteiger partial charge in [0, 0.05) is 30.4 Å². The standard InChI is InChI=1S/C23H20FN3O3/c1-14-5-7-15(8-6-14)21(28)19-20(16-3-2-4-17(24)11-16)27(23(30)22(19)29)10-9-18-12-25-13-26-18/h2-8,11-13,20,28H,9-10H2,1H3,(H,25,26)/b21-19+. The smallest absolute Gasteiger partial charge is 0.295 e. The number of aliphatic hydroxyl groups is 1. The number of carbonyl (C=O) groups is 2. The number of nitrogens with zero attached hydrogens (tertiary/aromatic N) is 2. The largest absolute Gasteiger partial charge is 0.507 e. The van der Waals surface area contributed by atoms with E-state index in [-0.39, 0.29) is 17.9 Å². The van der Waals surface area contributed by atoms with Gasteiger partial charge in [0.1, 0.15) is 11.6 Å². The van der Waals surface area contributed by atoms with E-state index in [1.165, 1.54) is 29.4 Å². The molecule has 0 bridgehead atoms. The minimum atomic E-state index is -0.884. The van der Waals surface area contributed by atoms with Crippen molar-refractivity contribution >= 4 is 17.4 Å². The SMILES string of the molecule is Cc1ccc(/C(O)=C2\C(=O)C(=O)N(CCc3cnc[nH]3)C2c2cccc(F)c2)cc1. The highest BCUT2D eigenvalue weighted by atomic mass is 19.1. The maximum atomic E-state index is 14.0. The molecular weight excluding hydrogens is 385 g/mol. The Morgan fingerprint density at radius 2 is 1.97 bits per heavy atom. The zero-order valence-electron chi connectivity index (χ0n) is 16.3. The van der Waals surface area contributed by atoms with Crippen LogP contribution in [0.1, 0.15) is 28.4 Å². The number of carbonyl (C=O) groups excluding carboxylic acids is 2. The number of hydrogen-bond donors (Lipinski definition) is 2. The fourth-order valence-corrected chi connectivity index (χ4v) is 3.66. The van der Waals surface area contributed by atoms with Gasteiger partial charge in [-0.15, -0.1) is 0 Å². The predicted molar refractivity (Wildman–Crippen MR) is 109 cm³/mol. The van der Waals surface area contributed by atoms with Crippen LogP contribution in [0.3, 0.4) is 0 Å². The molecule has 4 rings (SSSR count). The van der Waals surface area contributed by atoms with Gasteiger partial charge in [-0.2, -0.15) is 0 Å². The number of amides is 1. The number of aryl methyl sites for hydroxylation is 1. The lowest BCUT2D eigenvalue weighted by Crippen LogP contribution is -2.31. The van der Waals surface area contributed by atoms with Gasteiger partial charge in [0.25, 0.3) is 11.7 Å². The minimum Gasteiger partial charge on any atom is -0.507 e. The van der Waals surface area contributed by atoms with E-state index in [9.17, 15) is 19.1 Å². The Hall–Kier alpha value is -3.74. The van der Waals surface area contributed by atoms with E-state index in [1.54, 1.807) is 36.5 Å². The Labute approximate surface area is 172 Å². The molecule has 1 fully saturated rings. The van der Waals surface area contributed by atoms with Gasteiger partial charge in [0.05, 0.1) is 17.9 Å². The van der Waals surface area contributed by atoms with Crippen LogP contribution in [0.5, 0.6) is 0 Å². The highest BCUT2D eigenvalue weighted by Crippen LogP contribution is 2.39. The molecule has 0 radical (unpaired) electrons. The third-order valence-electron chi connectivity index (χ3n) is 5.21. The maximum Gasteiger partial charge on any atom is 0.295 e. The number of nitrogens with one attached hydrogen (secondary N) is 1. The van der Waals surface area contributed by atoms with Crippen molar-refractivity contribution in [1.82, 2.24) is 14.9 Å². The summed E-state index contributed by atoms with van der Waals surface area (Å²) in [6.45, 7) is 2.11. The molecule has 1 aliphatic rings. The Kier molecular flexibility index (Phi) is 5.18.